The molecule has 3 N–H and O–H groups in total. The van der Waals surface area contributed by atoms with Gasteiger partial charge in [0.15, 0.2) is 0 Å². The Kier molecular flexibility index (Phi) is 5.72. The zero-order valence-corrected chi connectivity index (χ0v) is 8.26. The van der Waals surface area contributed by atoms with Crippen molar-refractivity contribution in [3.05, 3.63) is 0 Å². The summed E-state index contributed by atoms with van der Waals surface area (Å²) in [4.78, 5) is 11.2. The Balaban J connectivity index is 3.59. The van der Waals surface area contributed by atoms with E-state index < -0.39 is 0 Å². The first-order valence-electron chi connectivity index (χ1n) is 4.59. The van der Waals surface area contributed by atoms with Gasteiger partial charge in [-0.2, -0.15) is 0 Å². The molecule has 0 aromatic rings. The van der Waals surface area contributed by atoms with Gasteiger partial charge in [0.1, 0.15) is 0 Å². The molecule has 2 atom stereocenters. The van der Waals surface area contributed by atoms with Crippen LogP contribution in [-0.4, -0.2) is 18.5 Å². The lowest BCUT2D eigenvalue weighted by Crippen LogP contribution is -2.33. The minimum atomic E-state index is 0.113. The summed E-state index contributed by atoms with van der Waals surface area (Å²) < 4.78 is 0. The Morgan fingerprint density at radius 3 is 2.50 bits per heavy atom. The molecular weight excluding hydrogens is 152 g/mol. The van der Waals surface area contributed by atoms with Crippen LogP contribution in [0.15, 0.2) is 0 Å². The maximum atomic E-state index is 11.2. The van der Waals surface area contributed by atoms with Crippen molar-refractivity contribution in [3.63, 3.8) is 0 Å². The summed E-state index contributed by atoms with van der Waals surface area (Å²) in [5.41, 5.74) is 5.40. The third-order valence-corrected chi connectivity index (χ3v) is 1.96. The van der Waals surface area contributed by atoms with Gasteiger partial charge < -0.3 is 11.1 Å². The molecule has 3 heteroatoms. The molecule has 0 aliphatic heterocycles. The topological polar surface area (TPSA) is 55.1 Å². The molecule has 2 unspecified atom stereocenters. The Bertz CT molecular complexity index is 122. The lowest BCUT2D eigenvalue weighted by atomic mass is 10.1. The summed E-state index contributed by atoms with van der Waals surface area (Å²) in [6.45, 7) is 6.62. The number of nitrogens with two attached hydrogens (primary N) is 1. The molecule has 1 amide bonds. The van der Waals surface area contributed by atoms with E-state index in [-0.39, 0.29) is 17.9 Å². The predicted molar refractivity (Wildman–Crippen MR) is 50.7 cm³/mol. The van der Waals surface area contributed by atoms with Crippen LogP contribution in [0, 0.1) is 5.92 Å². The van der Waals surface area contributed by atoms with E-state index in [2.05, 4.69) is 12.2 Å². The van der Waals surface area contributed by atoms with Crippen molar-refractivity contribution in [3.8, 4) is 0 Å². The average Bonchev–Trinajstić information content (AvgIpc) is 2.03. The van der Waals surface area contributed by atoms with E-state index in [0.29, 0.717) is 13.0 Å². The van der Waals surface area contributed by atoms with Crippen molar-refractivity contribution in [2.45, 2.75) is 39.7 Å². The fraction of sp³-hybridized carbons (Fsp3) is 0.889. The third-order valence-electron chi connectivity index (χ3n) is 1.96. The van der Waals surface area contributed by atoms with Gasteiger partial charge >= 0.3 is 0 Å². The number of carbonyl (C=O) groups excluding carboxylic acids is 1. The van der Waals surface area contributed by atoms with Gasteiger partial charge in [0, 0.05) is 12.5 Å². The lowest BCUT2D eigenvalue weighted by Gasteiger charge is -2.13. The van der Waals surface area contributed by atoms with Crippen LogP contribution in [-0.2, 0) is 4.79 Å². The molecule has 0 spiro atoms. The van der Waals surface area contributed by atoms with E-state index in [9.17, 15) is 4.79 Å². The Morgan fingerprint density at radius 2 is 2.08 bits per heavy atom. The predicted octanol–water partition coefficient (Wildman–Crippen LogP) is 0.886. The minimum absolute atomic E-state index is 0.113. The van der Waals surface area contributed by atoms with Gasteiger partial charge in [0.25, 0.3) is 0 Å². The second kappa shape index (κ2) is 6.00. The highest BCUT2D eigenvalue weighted by Crippen LogP contribution is 1.99. The zero-order valence-electron chi connectivity index (χ0n) is 8.26. The molecule has 0 aliphatic carbocycles. The maximum Gasteiger partial charge on any atom is 0.220 e. The molecule has 0 aromatic heterocycles. The number of carbonyl (C=O) groups is 1. The van der Waals surface area contributed by atoms with E-state index in [0.717, 1.165) is 6.42 Å². The maximum absolute atomic E-state index is 11.2. The summed E-state index contributed by atoms with van der Waals surface area (Å²) in [6.07, 6.45) is 1.52. The Morgan fingerprint density at radius 1 is 1.50 bits per heavy atom. The molecule has 12 heavy (non-hydrogen) atoms. The standard InChI is InChI=1S/C9H20N2O/c1-4-8(3)11-9(12)5-7(2)6-10/h7-8H,4-6,10H2,1-3H3,(H,11,12). The van der Waals surface area contributed by atoms with Gasteiger partial charge in [-0.3, -0.25) is 4.79 Å². The molecule has 0 saturated carbocycles. The van der Waals surface area contributed by atoms with Gasteiger partial charge in [-0.15, -0.1) is 0 Å². The fourth-order valence-electron chi connectivity index (χ4n) is 0.836. The highest BCUT2D eigenvalue weighted by atomic mass is 16.1. The van der Waals surface area contributed by atoms with Crippen LogP contribution < -0.4 is 11.1 Å². The SMILES string of the molecule is CCC(C)NC(=O)CC(C)CN. The molecule has 0 aliphatic rings. The molecule has 0 saturated heterocycles. The number of amides is 1. The van der Waals surface area contributed by atoms with Crippen LogP contribution >= 0.6 is 0 Å². The van der Waals surface area contributed by atoms with E-state index >= 15 is 0 Å². The van der Waals surface area contributed by atoms with Crippen molar-refractivity contribution < 1.29 is 4.79 Å². The first-order chi connectivity index (χ1) is 5.60. The molecule has 0 fully saturated rings. The van der Waals surface area contributed by atoms with Crippen LogP contribution in [0.4, 0.5) is 0 Å². The van der Waals surface area contributed by atoms with Crippen molar-refractivity contribution >= 4 is 5.91 Å². The molecule has 0 rings (SSSR count). The Hall–Kier alpha value is -0.570. The third kappa shape index (κ3) is 5.13. The van der Waals surface area contributed by atoms with E-state index in [1.807, 2.05) is 13.8 Å². The minimum Gasteiger partial charge on any atom is -0.354 e. The van der Waals surface area contributed by atoms with Gasteiger partial charge in [-0.25, -0.2) is 0 Å². The normalized spacial score (nSPS) is 15.3. The largest absolute Gasteiger partial charge is 0.354 e. The molecule has 0 heterocycles. The Labute approximate surface area is 74.7 Å². The quantitative estimate of drug-likeness (QED) is 0.647. The molecule has 3 nitrogen and oxygen atoms in total. The van der Waals surface area contributed by atoms with Crippen LogP contribution in [0.3, 0.4) is 0 Å². The monoisotopic (exact) mass is 172 g/mol. The highest BCUT2D eigenvalue weighted by Gasteiger charge is 2.08. The molecule has 0 aromatic carbocycles. The smallest absolute Gasteiger partial charge is 0.220 e. The molecule has 72 valence electrons. The number of hydrogen-bond acceptors (Lipinski definition) is 2. The molecule has 0 radical (unpaired) electrons. The summed E-state index contributed by atoms with van der Waals surface area (Å²) in [5, 5.41) is 2.90. The number of rotatable bonds is 5. The lowest BCUT2D eigenvalue weighted by molar-refractivity contribution is -0.122. The van der Waals surface area contributed by atoms with Crippen LogP contribution in [0.25, 0.3) is 0 Å². The van der Waals surface area contributed by atoms with E-state index in [4.69, 9.17) is 5.73 Å². The first kappa shape index (κ1) is 11.4. The molecular formula is C9H20N2O. The van der Waals surface area contributed by atoms with Crippen LogP contribution in [0.1, 0.15) is 33.6 Å². The van der Waals surface area contributed by atoms with E-state index in [1.165, 1.54) is 0 Å². The second-order valence-corrected chi connectivity index (χ2v) is 3.42. The van der Waals surface area contributed by atoms with Gasteiger partial charge in [-0.05, 0) is 25.8 Å². The summed E-state index contributed by atoms with van der Waals surface area (Å²) in [5.74, 6) is 0.399. The fourth-order valence-corrected chi connectivity index (χ4v) is 0.836. The zero-order chi connectivity index (χ0) is 9.56. The number of hydrogen-bond donors (Lipinski definition) is 2. The second-order valence-electron chi connectivity index (χ2n) is 3.42. The van der Waals surface area contributed by atoms with Gasteiger partial charge in [0.2, 0.25) is 5.91 Å². The molecule has 0 bridgehead atoms. The van der Waals surface area contributed by atoms with Gasteiger partial charge in [-0.1, -0.05) is 13.8 Å². The first-order valence-corrected chi connectivity index (χ1v) is 4.59. The van der Waals surface area contributed by atoms with E-state index in [1.54, 1.807) is 0 Å². The van der Waals surface area contributed by atoms with Crippen molar-refractivity contribution in [1.82, 2.24) is 5.32 Å². The van der Waals surface area contributed by atoms with Crippen LogP contribution in [0.5, 0.6) is 0 Å². The number of nitrogens with one attached hydrogen (secondary N) is 1. The van der Waals surface area contributed by atoms with Gasteiger partial charge in [0.05, 0.1) is 0 Å². The summed E-state index contributed by atoms with van der Waals surface area (Å²) >= 11 is 0. The van der Waals surface area contributed by atoms with Crippen molar-refractivity contribution in [1.29, 1.82) is 0 Å². The van der Waals surface area contributed by atoms with Crippen molar-refractivity contribution in [2.75, 3.05) is 6.54 Å². The summed E-state index contributed by atoms with van der Waals surface area (Å²) in [6, 6.07) is 0.280. The highest BCUT2D eigenvalue weighted by molar-refractivity contribution is 5.76. The van der Waals surface area contributed by atoms with Crippen molar-refractivity contribution in [2.24, 2.45) is 11.7 Å². The van der Waals surface area contributed by atoms with Crippen LogP contribution in [0.2, 0.25) is 0 Å². The summed E-state index contributed by atoms with van der Waals surface area (Å²) in [7, 11) is 0. The average molecular weight is 172 g/mol.